The number of hydrogen-bond donors (Lipinski definition) is 1. The number of nitrogens with zero attached hydrogens (tertiary/aromatic N) is 2. The maximum atomic E-state index is 13.2. The second-order valence-electron chi connectivity index (χ2n) is 7.14. The number of nitrogens with two attached hydrogens (primary N) is 1. The highest BCUT2D eigenvalue weighted by molar-refractivity contribution is 6.35. The van der Waals surface area contributed by atoms with E-state index in [0.717, 1.165) is 11.3 Å². The summed E-state index contributed by atoms with van der Waals surface area (Å²) in [5.74, 6) is 0.647. The Hall–Kier alpha value is -2.17. The zero-order valence-corrected chi connectivity index (χ0v) is 15.5. The molecule has 25 heavy (non-hydrogen) atoms. The van der Waals surface area contributed by atoms with Gasteiger partial charge in [0.05, 0.1) is 21.6 Å². The third-order valence-electron chi connectivity index (χ3n) is 4.25. The van der Waals surface area contributed by atoms with Gasteiger partial charge in [-0.25, -0.2) is 4.98 Å². The van der Waals surface area contributed by atoms with Crippen molar-refractivity contribution in [1.29, 1.82) is 0 Å². The maximum Gasteiger partial charge on any atom is 0.267 e. The van der Waals surface area contributed by atoms with Gasteiger partial charge in [0.2, 0.25) is 0 Å². The summed E-state index contributed by atoms with van der Waals surface area (Å²) in [6, 6.07) is 13.3. The Labute approximate surface area is 152 Å². The Balaban J connectivity index is 2.35. The van der Waals surface area contributed by atoms with Crippen molar-refractivity contribution >= 4 is 22.5 Å². The highest BCUT2D eigenvalue weighted by atomic mass is 35.5. The van der Waals surface area contributed by atoms with Crippen LogP contribution in [0.2, 0.25) is 5.02 Å². The molecule has 4 nitrogen and oxygen atoms in total. The standard InChI is InChI=1S/C20H22ClN3O/c1-20(2,3)13-6-4-7-14(12-13)24-17(10-11-22)23-16-9-5-8-15(21)18(16)19(24)25/h4-9,12H,10-11,22H2,1-3H3. The molecule has 0 amide bonds. The zero-order valence-electron chi connectivity index (χ0n) is 14.7. The van der Waals surface area contributed by atoms with Crippen molar-refractivity contribution < 1.29 is 0 Å². The third kappa shape index (κ3) is 3.32. The van der Waals surface area contributed by atoms with Crippen LogP contribution in [0.5, 0.6) is 0 Å². The molecule has 2 aromatic carbocycles. The fourth-order valence-corrected chi connectivity index (χ4v) is 3.16. The molecule has 0 saturated heterocycles. The zero-order chi connectivity index (χ0) is 18.2. The number of fused-ring (bicyclic) bond motifs is 1. The second kappa shape index (κ2) is 6.62. The van der Waals surface area contributed by atoms with Gasteiger partial charge in [-0.05, 0) is 41.8 Å². The van der Waals surface area contributed by atoms with Crippen LogP contribution in [0.25, 0.3) is 16.6 Å². The van der Waals surface area contributed by atoms with Crippen molar-refractivity contribution in [2.45, 2.75) is 32.6 Å². The first-order valence-corrected chi connectivity index (χ1v) is 8.72. The number of aromatic nitrogens is 2. The van der Waals surface area contributed by atoms with Crippen LogP contribution < -0.4 is 11.3 Å². The fourth-order valence-electron chi connectivity index (χ4n) is 2.91. The summed E-state index contributed by atoms with van der Waals surface area (Å²) in [5, 5.41) is 0.848. The van der Waals surface area contributed by atoms with Crippen molar-refractivity contribution in [3.8, 4) is 5.69 Å². The summed E-state index contributed by atoms with van der Waals surface area (Å²) in [7, 11) is 0. The average molecular weight is 356 g/mol. The molecule has 3 aromatic rings. The smallest absolute Gasteiger partial charge is 0.267 e. The van der Waals surface area contributed by atoms with Crippen molar-refractivity contribution in [1.82, 2.24) is 9.55 Å². The van der Waals surface area contributed by atoms with Gasteiger partial charge in [-0.15, -0.1) is 0 Å². The Morgan fingerprint density at radius 1 is 1.16 bits per heavy atom. The van der Waals surface area contributed by atoms with Crippen LogP contribution in [0.15, 0.2) is 47.3 Å². The summed E-state index contributed by atoms with van der Waals surface area (Å²) in [4.78, 5) is 17.9. The Morgan fingerprint density at radius 3 is 2.56 bits per heavy atom. The molecular formula is C20H22ClN3O. The molecule has 0 radical (unpaired) electrons. The normalized spacial score (nSPS) is 11.9. The van der Waals surface area contributed by atoms with E-state index in [2.05, 4.69) is 31.8 Å². The van der Waals surface area contributed by atoms with E-state index in [1.54, 1.807) is 22.8 Å². The largest absolute Gasteiger partial charge is 0.330 e. The van der Waals surface area contributed by atoms with Crippen molar-refractivity contribution in [2.75, 3.05) is 6.54 Å². The maximum absolute atomic E-state index is 13.2. The minimum Gasteiger partial charge on any atom is -0.330 e. The lowest BCUT2D eigenvalue weighted by Gasteiger charge is -2.21. The molecule has 2 N–H and O–H groups in total. The van der Waals surface area contributed by atoms with E-state index in [1.807, 2.05) is 18.2 Å². The van der Waals surface area contributed by atoms with Gasteiger partial charge < -0.3 is 5.73 Å². The molecule has 0 saturated carbocycles. The van der Waals surface area contributed by atoms with E-state index >= 15 is 0 Å². The number of hydrogen-bond acceptors (Lipinski definition) is 3. The summed E-state index contributed by atoms with van der Waals surface area (Å²) in [6.07, 6.45) is 0.511. The predicted molar refractivity (Wildman–Crippen MR) is 104 cm³/mol. The number of benzene rings is 2. The lowest BCUT2D eigenvalue weighted by Crippen LogP contribution is -2.26. The van der Waals surface area contributed by atoms with E-state index in [4.69, 9.17) is 17.3 Å². The van der Waals surface area contributed by atoms with E-state index in [9.17, 15) is 4.79 Å². The highest BCUT2D eigenvalue weighted by Gasteiger charge is 2.17. The van der Waals surface area contributed by atoms with Crippen molar-refractivity contribution in [3.05, 3.63) is 69.2 Å². The number of rotatable bonds is 3. The first-order chi connectivity index (χ1) is 11.8. The first-order valence-electron chi connectivity index (χ1n) is 8.34. The molecule has 1 heterocycles. The van der Waals surface area contributed by atoms with Gasteiger partial charge in [0.15, 0.2) is 0 Å². The third-order valence-corrected chi connectivity index (χ3v) is 4.57. The average Bonchev–Trinajstić information content (AvgIpc) is 2.54. The SMILES string of the molecule is CC(C)(C)c1cccc(-n2c(CCN)nc3cccc(Cl)c3c2=O)c1. The lowest BCUT2D eigenvalue weighted by atomic mass is 9.87. The Kier molecular flexibility index (Phi) is 4.67. The summed E-state index contributed by atoms with van der Waals surface area (Å²) in [5.41, 5.74) is 8.11. The van der Waals surface area contributed by atoms with Crippen LogP contribution in [0.3, 0.4) is 0 Å². The molecular weight excluding hydrogens is 334 g/mol. The molecule has 0 bridgehead atoms. The molecule has 0 fully saturated rings. The first kappa shape index (κ1) is 17.6. The topological polar surface area (TPSA) is 60.9 Å². The van der Waals surface area contributed by atoms with E-state index in [0.29, 0.717) is 34.7 Å². The van der Waals surface area contributed by atoms with Crippen LogP contribution in [-0.2, 0) is 11.8 Å². The summed E-state index contributed by atoms with van der Waals surface area (Å²) < 4.78 is 1.64. The fraction of sp³-hybridized carbons (Fsp3) is 0.300. The molecule has 3 rings (SSSR count). The van der Waals surface area contributed by atoms with E-state index in [1.165, 1.54) is 0 Å². The predicted octanol–water partition coefficient (Wildman–Crippen LogP) is 3.84. The molecule has 0 unspecified atom stereocenters. The van der Waals surface area contributed by atoms with Crippen molar-refractivity contribution in [3.63, 3.8) is 0 Å². The van der Waals surface area contributed by atoms with E-state index < -0.39 is 0 Å². The van der Waals surface area contributed by atoms with Gasteiger partial charge in [0, 0.05) is 6.42 Å². The van der Waals surface area contributed by atoms with Crippen LogP contribution in [0.4, 0.5) is 0 Å². The molecule has 0 spiro atoms. The summed E-state index contributed by atoms with van der Waals surface area (Å²) in [6.45, 7) is 6.85. The van der Waals surface area contributed by atoms with E-state index in [-0.39, 0.29) is 11.0 Å². The Morgan fingerprint density at radius 2 is 1.88 bits per heavy atom. The molecule has 5 heteroatoms. The van der Waals surface area contributed by atoms with Gasteiger partial charge in [-0.1, -0.05) is 50.6 Å². The highest BCUT2D eigenvalue weighted by Crippen LogP contribution is 2.25. The number of halogens is 1. The minimum atomic E-state index is -0.162. The molecule has 0 atom stereocenters. The van der Waals surface area contributed by atoms with Crippen LogP contribution in [-0.4, -0.2) is 16.1 Å². The molecule has 1 aromatic heterocycles. The minimum absolute atomic E-state index is 0.0183. The van der Waals surface area contributed by atoms with Crippen molar-refractivity contribution in [2.24, 2.45) is 5.73 Å². The van der Waals surface area contributed by atoms with Crippen LogP contribution in [0, 0.1) is 0 Å². The monoisotopic (exact) mass is 355 g/mol. The second-order valence-corrected chi connectivity index (χ2v) is 7.55. The molecule has 0 aliphatic heterocycles. The van der Waals surface area contributed by atoms with Gasteiger partial charge >= 0.3 is 0 Å². The lowest BCUT2D eigenvalue weighted by molar-refractivity contribution is 0.589. The van der Waals surface area contributed by atoms with Gasteiger partial charge in [0.1, 0.15) is 5.82 Å². The molecule has 0 aliphatic rings. The van der Waals surface area contributed by atoms with Gasteiger partial charge in [-0.3, -0.25) is 9.36 Å². The Bertz CT molecular complexity index is 986. The quantitative estimate of drug-likeness (QED) is 0.776. The molecule has 0 aliphatic carbocycles. The molecule has 130 valence electrons. The summed E-state index contributed by atoms with van der Waals surface area (Å²) >= 11 is 6.28. The van der Waals surface area contributed by atoms with Crippen LogP contribution in [0.1, 0.15) is 32.2 Å². The van der Waals surface area contributed by atoms with Crippen LogP contribution >= 0.6 is 11.6 Å². The van der Waals surface area contributed by atoms with Gasteiger partial charge in [0.25, 0.3) is 5.56 Å². The van der Waals surface area contributed by atoms with Gasteiger partial charge in [-0.2, -0.15) is 0 Å².